The van der Waals surface area contributed by atoms with Gasteiger partial charge in [-0.2, -0.15) is 8.78 Å². The van der Waals surface area contributed by atoms with Crippen LogP contribution in [-0.2, 0) is 14.1 Å². The molecule has 6 heteroatoms. The van der Waals surface area contributed by atoms with Crippen LogP contribution in [0.5, 0.6) is 0 Å². The summed E-state index contributed by atoms with van der Waals surface area (Å²) in [4.78, 5) is 0. The second kappa shape index (κ2) is 5.53. The van der Waals surface area contributed by atoms with Gasteiger partial charge in [-0.05, 0) is 44.5 Å². The Labute approximate surface area is 167 Å². The van der Waals surface area contributed by atoms with E-state index in [4.69, 9.17) is 0 Å². The van der Waals surface area contributed by atoms with Crippen molar-refractivity contribution >= 4 is 54.1 Å². The van der Waals surface area contributed by atoms with Gasteiger partial charge in [0.2, 0.25) is 11.9 Å². The highest BCUT2D eigenvalue weighted by Crippen LogP contribution is 2.39. The standard InChI is InChI=1S/C24H14F4N2/c1-29-17-9-7-13-11-4-6-16-14(8-10-18-20(16)22(26)24(28)30(18)2)12(11)3-5-15(13)19(17)21(25)23(29)27/h3-10H,1-2H3. The van der Waals surface area contributed by atoms with Crippen molar-refractivity contribution in [2.75, 3.05) is 0 Å². The van der Waals surface area contributed by atoms with Crippen LogP contribution >= 0.6 is 0 Å². The lowest BCUT2D eigenvalue weighted by Gasteiger charge is -2.10. The van der Waals surface area contributed by atoms with E-state index in [0.717, 1.165) is 21.5 Å². The number of benzene rings is 4. The fourth-order valence-corrected chi connectivity index (χ4v) is 4.75. The van der Waals surface area contributed by atoms with Crippen molar-refractivity contribution in [2.45, 2.75) is 0 Å². The minimum absolute atomic E-state index is 0.237. The maximum atomic E-state index is 14.6. The Bertz CT molecular complexity index is 1580. The summed E-state index contributed by atoms with van der Waals surface area (Å²) in [6, 6.07) is 14.2. The zero-order chi connectivity index (χ0) is 20.9. The number of nitrogens with zero attached hydrogens (tertiary/aromatic N) is 2. The number of hydrogen-bond acceptors (Lipinski definition) is 0. The van der Waals surface area contributed by atoms with Gasteiger partial charge in [0.1, 0.15) is 0 Å². The van der Waals surface area contributed by atoms with Crippen molar-refractivity contribution in [3.8, 4) is 0 Å². The van der Waals surface area contributed by atoms with Gasteiger partial charge in [0.05, 0.1) is 11.0 Å². The maximum Gasteiger partial charge on any atom is 0.230 e. The molecule has 0 saturated carbocycles. The van der Waals surface area contributed by atoms with Crippen LogP contribution in [0.25, 0.3) is 54.1 Å². The number of aryl methyl sites for hydroxylation is 2. The third-order valence-electron chi connectivity index (χ3n) is 6.26. The van der Waals surface area contributed by atoms with Crippen molar-refractivity contribution in [2.24, 2.45) is 14.1 Å². The lowest BCUT2D eigenvalue weighted by atomic mass is 9.94. The molecule has 0 N–H and O–H groups in total. The van der Waals surface area contributed by atoms with Gasteiger partial charge in [-0.25, -0.2) is 8.78 Å². The third kappa shape index (κ3) is 1.89. The molecule has 0 radical (unpaired) electrons. The number of aromatic nitrogens is 2. The first-order valence-corrected chi connectivity index (χ1v) is 9.44. The number of hydrogen-bond donors (Lipinski definition) is 0. The molecule has 0 spiro atoms. The van der Waals surface area contributed by atoms with E-state index in [1.165, 1.54) is 23.2 Å². The predicted molar refractivity (Wildman–Crippen MR) is 112 cm³/mol. The highest BCUT2D eigenvalue weighted by Gasteiger charge is 2.20. The Morgan fingerprint density at radius 3 is 1.17 bits per heavy atom. The van der Waals surface area contributed by atoms with Crippen LogP contribution in [-0.4, -0.2) is 9.13 Å². The van der Waals surface area contributed by atoms with E-state index >= 15 is 0 Å². The highest BCUT2D eigenvalue weighted by atomic mass is 19.2. The van der Waals surface area contributed by atoms with Crippen LogP contribution in [0.1, 0.15) is 0 Å². The van der Waals surface area contributed by atoms with Crippen molar-refractivity contribution in [1.29, 1.82) is 0 Å². The molecule has 0 unspecified atom stereocenters. The molecule has 30 heavy (non-hydrogen) atoms. The van der Waals surface area contributed by atoms with Crippen LogP contribution in [0.4, 0.5) is 17.6 Å². The first kappa shape index (κ1) is 17.3. The Balaban J connectivity index is 1.80. The molecule has 6 rings (SSSR count). The van der Waals surface area contributed by atoms with E-state index < -0.39 is 23.5 Å². The fraction of sp³-hybridized carbons (Fsp3) is 0.0833. The summed E-state index contributed by atoms with van der Waals surface area (Å²) in [5, 5.41) is 4.90. The maximum absolute atomic E-state index is 14.6. The highest BCUT2D eigenvalue weighted by molar-refractivity contribution is 6.24. The summed E-state index contributed by atoms with van der Waals surface area (Å²) >= 11 is 0. The topological polar surface area (TPSA) is 9.86 Å². The average molecular weight is 406 g/mol. The molecule has 4 aromatic carbocycles. The molecule has 2 nitrogen and oxygen atoms in total. The fourth-order valence-electron chi connectivity index (χ4n) is 4.75. The van der Waals surface area contributed by atoms with Crippen LogP contribution in [0.15, 0.2) is 48.5 Å². The van der Waals surface area contributed by atoms with Gasteiger partial charge < -0.3 is 9.13 Å². The van der Waals surface area contributed by atoms with E-state index in [-0.39, 0.29) is 10.8 Å². The minimum atomic E-state index is -0.903. The second-order valence-corrected chi connectivity index (χ2v) is 7.66. The molecule has 2 heterocycles. The van der Waals surface area contributed by atoms with Crippen LogP contribution < -0.4 is 0 Å². The first-order valence-electron chi connectivity index (χ1n) is 9.44. The lowest BCUT2D eigenvalue weighted by molar-refractivity contribution is 0.466. The monoisotopic (exact) mass is 406 g/mol. The molecule has 2 aromatic heterocycles. The predicted octanol–water partition coefficient (Wildman–Crippen LogP) is 6.69. The van der Waals surface area contributed by atoms with Crippen LogP contribution in [0.2, 0.25) is 0 Å². The number of fused-ring (bicyclic) bond motifs is 9. The largest absolute Gasteiger partial charge is 0.318 e. The molecule has 148 valence electrons. The van der Waals surface area contributed by atoms with Gasteiger partial charge in [0, 0.05) is 24.9 Å². The summed E-state index contributed by atoms with van der Waals surface area (Å²) in [7, 11) is 2.97. The van der Waals surface area contributed by atoms with E-state index in [9.17, 15) is 17.6 Å². The molecule has 0 aliphatic rings. The summed E-state index contributed by atoms with van der Waals surface area (Å²) in [5.41, 5.74) is 0.947. The summed E-state index contributed by atoms with van der Waals surface area (Å²) in [6.07, 6.45) is 0. The average Bonchev–Trinajstić information content (AvgIpc) is 3.13. The minimum Gasteiger partial charge on any atom is -0.318 e. The Morgan fingerprint density at radius 2 is 0.767 bits per heavy atom. The molecule has 0 amide bonds. The Morgan fingerprint density at radius 1 is 0.467 bits per heavy atom. The van der Waals surface area contributed by atoms with Gasteiger partial charge >= 0.3 is 0 Å². The molecule has 0 bridgehead atoms. The van der Waals surface area contributed by atoms with Gasteiger partial charge in [-0.3, -0.25) is 0 Å². The Kier molecular flexibility index (Phi) is 3.20. The SMILES string of the molecule is Cn1c(F)c(F)c2c3ccc4c(ccc5c4ccc4c5c(F)c(F)n4C)c3ccc21. The molecule has 0 saturated heterocycles. The summed E-state index contributed by atoms with van der Waals surface area (Å²) < 4.78 is 59.8. The van der Waals surface area contributed by atoms with Crippen molar-refractivity contribution < 1.29 is 17.6 Å². The first-order chi connectivity index (χ1) is 14.4. The second-order valence-electron chi connectivity index (χ2n) is 7.66. The van der Waals surface area contributed by atoms with Gasteiger partial charge in [-0.1, -0.05) is 36.4 Å². The van der Waals surface area contributed by atoms with E-state index in [2.05, 4.69) is 0 Å². The Hall–Kier alpha value is -3.54. The molecule has 0 aliphatic carbocycles. The normalized spacial score (nSPS) is 12.3. The van der Waals surface area contributed by atoms with E-state index in [1.807, 2.05) is 24.3 Å². The van der Waals surface area contributed by atoms with Crippen LogP contribution in [0.3, 0.4) is 0 Å². The summed E-state index contributed by atoms with van der Waals surface area (Å²) in [6.45, 7) is 0. The molecule has 6 aromatic rings. The zero-order valence-corrected chi connectivity index (χ0v) is 16.0. The quantitative estimate of drug-likeness (QED) is 0.197. The molecular formula is C24H14F4N2. The third-order valence-corrected chi connectivity index (χ3v) is 6.26. The summed E-state index contributed by atoms with van der Waals surface area (Å²) in [5.74, 6) is -3.55. The number of halogens is 4. The smallest absolute Gasteiger partial charge is 0.230 e. The zero-order valence-electron chi connectivity index (χ0n) is 16.0. The van der Waals surface area contributed by atoms with Gasteiger partial charge in [0.25, 0.3) is 0 Å². The van der Waals surface area contributed by atoms with E-state index in [1.54, 1.807) is 24.3 Å². The van der Waals surface area contributed by atoms with E-state index in [0.29, 0.717) is 21.8 Å². The van der Waals surface area contributed by atoms with Gasteiger partial charge in [0.15, 0.2) is 11.6 Å². The molecule has 0 aliphatic heterocycles. The molecule has 0 fully saturated rings. The molecule has 0 atom stereocenters. The van der Waals surface area contributed by atoms with Crippen LogP contribution in [0, 0.1) is 23.5 Å². The van der Waals surface area contributed by atoms with Crippen molar-refractivity contribution in [3.63, 3.8) is 0 Å². The van der Waals surface area contributed by atoms with Crippen molar-refractivity contribution in [3.05, 3.63) is 72.1 Å². The molecular weight excluding hydrogens is 392 g/mol. The van der Waals surface area contributed by atoms with Crippen molar-refractivity contribution in [1.82, 2.24) is 9.13 Å². The van der Waals surface area contributed by atoms with Gasteiger partial charge in [-0.15, -0.1) is 0 Å². The number of rotatable bonds is 0. The lowest BCUT2D eigenvalue weighted by Crippen LogP contribution is -1.91.